The van der Waals surface area contributed by atoms with E-state index in [1.807, 2.05) is 14.1 Å². The van der Waals surface area contributed by atoms with Gasteiger partial charge >= 0.3 is 0 Å². The van der Waals surface area contributed by atoms with Crippen LogP contribution in [0, 0.1) is 5.41 Å². The zero-order valence-corrected chi connectivity index (χ0v) is 22.2. The van der Waals surface area contributed by atoms with Crippen LogP contribution in [0.25, 0.3) is 0 Å². The van der Waals surface area contributed by atoms with Crippen LogP contribution in [0.2, 0.25) is 0 Å². The lowest BCUT2D eigenvalue weighted by Crippen LogP contribution is -2.49. The lowest BCUT2D eigenvalue weighted by molar-refractivity contribution is -0.138. The Morgan fingerprint density at radius 3 is 2.31 bits per heavy atom. The minimum absolute atomic E-state index is 0. The van der Waals surface area contributed by atoms with Gasteiger partial charge in [-0.2, -0.15) is 0 Å². The fourth-order valence-corrected chi connectivity index (χ4v) is 4.52. The third kappa shape index (κ3) is 7.59. The molecular weight excluding hydrogens is 517 g/mol. The number of ether oxygens (including phenoxy) is 1. The van der Waals surface area contributed by atoms with Gasteiger partial charge in [0.25, 0.3) is 0 Å². The van der Waals surface area contributed by atoms with Crippen molar-refractivity contribution in [2.45, 2.75) is 45.7 Å². The van der Waals surface area contributed by atoms with Crippen molar-refractivity contribution < 1.29 is 9.53 Å². The number of carbonyl (C=O) groups is 1. The number of morpholine rings is 1. The van der Waals surface area contributed by atoms with E-state index in [4.69, 9.17) is 9.73 Å². The summed E-state index contributed by atoms with van der Waals surface area (Å²) in [6.45, 7) is 8.73. The van der Waals surface area contributed by atoms with Crippen molar-refractivity contribution in [3.63, 3.8) is 0 Å². The van der Waals surface area contributed by atoms with Gasteiger partial charge in [0.05, 0.1) is 25.2 Å². The molecule has 3 rings (SSSR count). The molecule has 0 aromatic heterocycles. The van der Waals surface area contributed by atoms with Gasteiger partial charge in [0.15, 0.2) is 5.96 Å². The highest BCUT2D eigenvalue weighted by atomic mass is 127. The molecule has 1 saturated heterocycles. The summed E-state index contributed by atoms with van der Waals surface area (Å²) >= 11 is 0. The number of benzene rings is 1. The first-order valence-electron chi connectivity index (χ1n) is 11.6. The number of halogens is 1. The molecule has 0 unspecified atom stereocenters. The van der Waals surface area contributed by atoms with E-state index in [0.29, 0.717) is 13.1 Å². The second-order valence-electron chi connectivity index (χ2n) is 8.94. The summed E-state index contributed by atoms with van der Waals surface area (Å²) in [6, 6.07) is 8.72. The van der Waals surface area contributed by atoms with Gasteiger partial charge in [-0.3, -0.25) is 9.69 Å². The fraction of sp³-hybridized carbons (Fsp3) is 0.667. The molecule has 180 valence electrons. The highest BCUT2D eigenvalue weighted by Crippen LogP contribution is 2.38. The SMILES string of the molecule is CCNC(=NCc1ccc(CN2CCOCC2)cc1)NCC1(C(=O)N(C)C)CCCC1.I. The maximum Gasteiger partial charge on any atom is 0.230 e. The predicted molar refractivity (Wildman–Crippen MR) is 140 cm³/mol. The number of carbonyl (C=O) groups excluding carboxylic acids is 1. The normalized spacial score (nSPS) is 18.7. The minimum Gasteiger partial charge on any atom is -0.379 e. The van der Waals surface area contributed by atoms with Gasteiger partial charge < -0.3 is 20.3 Å². The Balaban J connectivity index is 0.00000363. The zero-order valence-electron chi connectivity index (χ0n) is 19.9. The Hall–Kier alpha value is -1.39. The van der Waals surface area contributed by atoms with Gasteiger partial charge in [-0.1, -0.05) is 37.1 Å². The van der Waals surface area contributed by atoms with Crippen LogP contribution in [0.1, 0.15) is 43.7 Å². The predicted octanol–water partition coefficient (Wildman–Crippen LogP) is 2.84. The van der Waals surface area contributed by atoms with E-state index in [1.165, 1.54) is 11.1 Å². The van der Waals surface area contributed by atoms with Crippen LogP contribution in [0.5, 0.6) is 0 Å². The number of rotatable bonds is 8. The molecule has 2 aliphatic rings. The number of hydrogen-bond acceptors (Lipinski definition) is 4. The molecule has 1 amide bonds. The van der Waals surface area contributed by atoms with Gasteiger partial charge in [-0.25, -0.2) is 4.99 Å². The van der Waals surface area contributed by atoms with Crippen molar-refractivity contribution in [2.24, 2.45) is 10.4 Å². The first-order chi connectivity index (χ1) is 15.0. The van der Waals surface area contributed by atoms with Gasteiger partial charge in [0, 0.05) is 46.8 Å². The molecule has 2 fully saturated rings. The van der Waals surface area contributed by atoms with Gasteiger partial charge in [0.2, 0.25) is 5.91 Å². The van der Waals surface area contributed by atoms with E-state index in [2.05, 4.69) is 46.7 Å². The Morgan fingerprint density at radius 1 is 1.09 bits per heavy atom. The first kappa shape index (κ1) is 26.9. The van der Waals surface area contributed by atoms with E-state index in [1.54, 1.807) is 4.90 Å². The molecule has 0 radical (unpaired) electrons. The maximum absolute atomic E-state index is 12.8. The number of aliphatic imine (C=N–C) groups is 1. The molecular formula is C24H40IN5O2. The Bertz CT molecular complexity index is 726. The average molecular weight is 558 g/mol. The molecule has 7 nitrogen and oxygen atoms in total. The van der Waals surface area contributed by atoms with Crippen LogP contribution >= 0.6 is 24.0 Å². The first-order valence-corrected chi connectivity index (χ1v) is 11.6. The molecule has 0 spiro atoms. The topological polar surface area (TPSA) is 69.2 Å². The molecule has 1 heterocycles. The second kappa shape index (κ2) is 13.3. The molecule has 32 heavy (non-hydrogen) atoms. The fourth-order valence-electron chi connectivity index (χ4n) is 4.52. The summed E-state index contributed by atoms with van der Waals surface area (Å²) in [7, 11) is 3.70. The Kier molecular flexibility index (Phi) is 11.2. The molecule has 8 heteroatoms. The molecule has 0 bridgehead atoms. The van der Waals surface area contributed by atoms with Crippen LogP contribution in [0.15, 0.2) is 29.3 Å². The summed E-state index contributed by atoms with van der Waals surface area (Å²) in [4.78, 5) is 21.7. The van der Waals surface area contributed by atoms with Crippen molar-refractivity contribution in [1.29, 1.82) is 0 Å². The number of nitrogens with zero attached hydrogens (tertiary/aromatic N) is 3. The van der Waals surface area contributed by atoms with E-state index < -0.39 is 0 Å². The number of guanidine groups is 1. The lowest BCUT2D eigenvalue weighted by atomic mass is 9.84. The summed E-state index contributed by atoms with van der Waals surface area (Å²) in [5.41, 5.74) is 2.20. The summed E-state index contributed by atoms with van der Waals surface area (Å²) in [6.07, 6.45) is 4.12. The molecule has 0 atom stereocenters. The van der Waals surface area contributed by atoms with Crippen LogP contribution in [-0.2, 0) is 22.6 Å². The molecule has 1 aromatic rings. The average Bonchev–Trinajstić information content (AvgIpc) is 3.27. The van der Waals surface area contributed by atoms with Crippen LogP contribution < -0.4 is 10.6 Å². The van der Waals surface area contributed by atoms with Crippen molar-refractivity contribution in [3.05, 3.63) is 35.4 Å². The molecule has 2 N–H and O–H groups in total. The van der Waals surface area contributed by atoms with Crippen LogP contribution in [0.4, 0.5) is 0 Å². The summed E-state index contributed by atoms with van der Waals surface area (Å²) < 4.78 is 5.42. The molecule has 1 saturated carbocycles. The Morgan fingerprint density at radius 2 is 1.72 bits per heavy atom. The largest absolute Gasteiger partial charge is 0.379 e. The molecule has 1 aliphatic heterocycles. The molecule has 1 aromatic carbocycles. The minimum atomic E-state index is -0.305. The zero-order chi connectivity index (χ0) is 22.1. The number of amides is 1. The second-order valence-corrected chi connectivity index (χ2v) is 8.94. The smallest absolute Gasteiger partial charge is 0.230 e. The third-order valence-corrected chi connectivity index (χ3v) is 6.31. The highest BCUT2D eigenvalue weighted by Gasteiger charge is 2.42. The quantitative estimate of drug-likeness (QED) is 0.293. The van der Waals surface area contributed by atoms with Crippen molar-refractivity contribution >= 4 is 35.8 Å². The van der Waals surface area contributed by atoms with Gasteiger partial charge in [0.1, 0.15) is 0 Å². The van der Waals surface area contributed by atoms with Crippen molar-refractivity contribution in [2.75, 3.05) is 53.5 Å². The van der Waals surface area contributed by atoms with Crippen molar-refractivity contribution in [3.8, 4) is 0 Å². The van der Waals surface area contributed by atoms with E-state index in [-0.39, 0.29) is 35.3 Å². The van der Waals surface area contributed by atoms with Crippen LogP contribution in [-0.4, -0.2) is 75.2 Å². The Labute approximate surface area is 210 Å². The van der Waals surface area contributed by atoms with Gasteiger partial charge in [-0.15, -0.1) is 24.0 Å². The van der Waals surface area contributed by atoms with Crippen molar-refractivity contribution in [1.82, 2.24) is 20.4 Å². The summed E-state index contributed by atoms with van der Waals surface area (Å²) in [5, 5.41) is 6.77. The number of hydrogen-bond donors (Lipinski definition) is 2. The van der Waals surface area contributed by atoms with Gasteiger partial charge in [-0.05, 0) is 30.9 Å². The number of nitrogens with one attached hydrogen (secondary N) is 2. The third-order valence-electron chi connectivity index (χ3n) is 6.31. The monoisotopic (exact) mass is 557 g/mol. The maximum atomic E-state index is 12.8. The molecule has 1 aliphatic carbocycles. The summed E-state index contributed by atoms with van der Waals surface area (Å²) in [5.74, 6) is 1.00. The lowest BCUT2D eigenvalue weighted by Gasteiger charge is -2.31. The highest BCUT2D eigenvalue weighted by molar-refractivity contribution is 14.0. The van der Waals surface area contributed by atoms with E-state index >= 15 is 0 Å². The van der Waals surface area contributed by atoms with E-state index in [0.717, 1.165) is 71.0 Å². The standard InChI is InChI=1S/C24H39N5O2.HI/c1-4-25-23(27-19-24(11-5-6-12-24)22(30)28(2)3)26-17-20-7-9-21(10-8-20)18-29-13-15-31-16-14-29;/h7-10H,4-6,11-19H2,1-3H3,(H2,25,26,27);1H. The van der Waals surface area contributed by atoms with E-state index in [9.17, 15) is 4.79 Å². The van der Waals surface area contributed by atoms with Crippen LogP contribution in [0.3, 0.4) is 0 Å².